The van der Waals surface area contributed by atoms with Crippen LogP contribution in [0.3, 0.4) is 0 Å². The Bertz CT molecular complexity index is 1140. The fourth-order valence-corrected chi connectivity index (χ4v) is 3.69. The Labute approximate surface area is 168 Å². The van der Waals surface area contributed by atoms with Crippen molar-refractivity contribution in [2.24, 2.45) is 7.05 Å². The second-order valence-electron chi connectivity index (χ2n) is 6.71. The number of pyridine rings is 2. The smallest absolute Gasteiger partial charge is 0.272 e. The summed E-state index contributed by atoms with van der Waals surface area (Å²) < 4.78 is 1.51. The third-order valence-corrected chi connectivity index (χ3v) is 5.15. The van der Waals surface area contributed by atoms with Crippen LogP contribution in [0.25, 0.3) is 10.9 Å². The number of nitriles is 1. The van der Waals surface area contributed by atoms with E-state index >= 15 is 0 Å². The molecule has 0 saturated carbocycles. The number of carbonyl (C=O) groups excluding carboxylic acids is 1. The maximum absolute atomic E-state index is 12.7. The van der Waals surface area contributed by atoms with Gasteiger partial charge in [-0.15, -0.1) is 0 Å². The molecule has 1 saturated heterocycles. The van der Waals surface area contributed by atoms with Gasteiger partial charge in [0.2, 0.25) is 0 Å². The number of anilines is 1. The van der Waals surface area contributed by atoms with Gasteiger partial charge in [-0.3, -0.25) is 14.6 Å². The molecule has 3 heterocycles. The molecule has 29 heavy (non-hydrogen) atoms. The molecule has 148 valence electrons. The fourth-order valence-electron chi connectivity index (χ4n) is 3.69. The van der Waals surface area contributed by atoms with Gasteiger partial charge in [0.05, 0.1) is 11.2 Å². The first-order chi connectivity index (χ1) is 13.6. The minimum Gasteiger partial charge on any atom is -0.366 e. The summed E-state index contributed by atoms with van der Waals surface area (Å²) >= 11 is 0. The molecule has 0 spiro atoms. The first kappa shape index (κ1) is 20.0. The van der Waals surface area contributed by atoms with Crippen LogP contribution in [0.4, 0.5) is 5.69 Å². The van der Waals surface area contributed by atoms with E-state index in [9.17, 15) is 14.9 Å². The molecule has 0 atom stereocenters. The standard InChI is InChI=1S/C21H19N5O2.H3N/c1-24-18-8-3-2-6-15(18)19(16(14-22)20(24)27)25-10-12-26(13-11-25)21(28)17-7-4-5-9-23-17;/h2-9H,10-13H2,1H3;1H3. The van der Waals surface area contributed by atoms with Gasteiger partial charge in [0.15, 0.2) is 0 Å². The molecule has 0 radical (unpaired) electrons. The molecule has 0 bridgehead atoms. The summed E-state index contributed by atoms with van der Waals surface area (Å²) in [7, 11) is 1.68. The molecule has 1 amide bonds. The van der Waals surface area contributed by atoms with Crippen molar-refractivity contribution in [1.29, 1.82) is 5.26 Å². The summed E-state index contributed by atoms with van der Waals surface area (Å²) in [6.45, 7) is 2.10. The van der Waals surface area contributed by atoms with E-state index in [1.54, 1.807) is 36.3 Å². The van der Waals surface area contributed by atoms with Crippen molar-refractivity contribution in [1.82, 2.24) is 20.6 Å². The van der Waals surface area contributed by atoms with Crippen molar-refractivity contribution in [2.75, 3.05) is 31.1 Å². The van der Waals surface area contributed by atoms with Crippen molar-refractivity contribution in [3.63, 3.8) is 0 Å². The molecule has 2 aromatic heterocycles. The topological polar surface area (TPSA) is 117 Å². The number of hydrogen-bond acceptors (Lipinski definition) is 6. The lowest BCUT2D eigenvalue weighted by atomic mass is 10.1. The average molecular weight is 390 g/mol. The number of carbonyl (C=O) groups is 1. The van der Waals surface area contributed by atoms with Crippen LogP contribution in [-0.2, 0) is 7.05 Å². The van der Waals surface area contributed by atoms with Gasteiger partial charge in [-0.25, -0.2) is 0 Å². The highest BCUT2D eigenvalue weighted by molar-refractivity contribution is 5.95. The van der Waals surface area contributed by atoms with Crippen LogP contribution in [-0.4, -0.2) is 46.5 Å². The molecule has 1 fully saturated rings. The zero-order valence-corrected chi connectivity index (χ0v) is 16.2. The zero-order valence-electron chi connectivity index (χ0n) is 16.2. The Morgan fingerprint density at radius 3 is 2.41 bits per heavy atom. The fraction of sp³-hybridized carbons (Fsp3) is 0.238. The summed E-state index contributed by atoms with van der Waals surface area (Å²) in [4.78, 5) is 33.2. The van der Waals surface area contributed by atoms with Gasteiger partial charge < -0.3 is 20.5 Å². The number of nitrogens with zero attached hydrogens (tertiary/aromatic N) is 5. The highest BCUT2D eigenvalue weighted by atomic mass is 16.2. The van der Waals surface area contributed by atoms with Gasteiger partial charge in [0, 0.05) is 44.8 Å². The number of fused-ring (bicyclic) bond motifs is 1. The molecule has 0 unspecified atom stereocenters. The Hall–Kier alpha value is -3.70. The van der Waals surface area contributed by atoms with Crippen LogP contribution in [0, 0.1) is 11.3 Å². The molecule has 1 aromatic carbocycles. The molecule has 4 rings (SSSR count). The zero-order chi connectivity index (χ0) is 19.7. The van der Waals surface area contributed by atoms with E-state index in [1.165, 1.54) is 4.57 Å². The summed E-state index contributed by atoms with van der Waals surface area (Å²) in [6, 6.07) is 14.9. The van der Waals surface area contributed by atoms with Crippen LogP contribution < -0.4 is 16.6 Å². The van der Waals surface area contributed by atoms with Gasteiger partial charge in [-0.2, -0.15) is 5.26 Å². The number of piperazine rings is 1. The Morgan fingerprint density at radius 2 is 1.76 bits per heavy atom. The SMILES string of the molecule is Cn1c(=O)c(C#N)c(N2CCN(C(=O)c3ccccn3)CC2)c2ccccc21.N. The molecular formula is C21H22N6O2. The lowest BCUT2D eigenvalue weighted by Crippen LogP contribution is -2.49. The molecule has 3 aromatic rings. The molecule has 1 aliphatic heterocycles. The number of aromatic nitrogens is 2. The van der Waals surface area contributed by atoms with Crippen LogP contribution in [0.15, 0.2) is 53.5 Å². The normalized spacial score (nSPS) is 13.7. The lowest BCUT2D eigenvalue weighted by Gasteiger charge is -2.36. The molecule has 0 aliphatic carbocycles. The minimum absolute atomic E-state index is 0. The molecule has 1 aliphatic rings. The van der Waals surface area contributed by atoms with E-state index in [1.807, 2.05) is 29.2 Å². The number of benzene rings is 1. The number of para-hydroxylation sites is 1. The number of aryl methyl sites for hydroxylation is 1. The summed E-state index contributed by atoms with van der Waals surface area (Å²) in [5, 5.41) is 10.5. The highest BCUT2D eigenvalue weighted by Gasteiger charge is 2.26. The van der Waals surface area contributed by atoms with Crippen molar-refractivity contribution < 1.29 is 4.79 Å². The van der Waals surface area contributed by atoms with Crippen LogP contribution in [0.2, 0.25) is 0 Å². The number of amides is 1. The van der Waals surface area contributed by atoms with Gasteiger partial charge in [0.25, 0.3) is 11.5 Å². The molecule has 8 heteroatoms. The van der Waals surface area contributed by atoms with Gasteiger partial charge >= 0.3 is 0 Å². The number of hydrogen-bond donors (Lipinski definition) is 1. The van der Waals surface area contributed by atoms with E-state index in [4.69, 9.17) is 0 Å². The highest BCUT2D eigenvalue weighted by Crippen LogP contribution is 2.29. The van der Waals surface area contributed by atoms with Crippen molar-refractivity contribution in [3.8, 4) is 6.07 Å². The van der Waals surface area contributed by atoms with E-state index in [0.29, 0.717) is 37.6 Å². The van der Waals surface area contributed by atoms with Crippen LogP contribution in [0.5, 0.6) is 0 Å². The Kier molecular flexibility index (Phi) is 5.61. The molecule has 8 nitrogen and oxygen atoms in total. The first-order valence-corrected chi connectivity index (χ1v) is 9.09. The maximum Gasteiger partial charge on any atom is 0.272 e. The van der Waals surface area contributed by atoms with Crippen LogP contribution in [0.1, 0.15) is 16.1 Å². The van der Waals surface area contributed by atoms with Crippen LogP contribution >= 0.6 is 0 Å². The first-order valence-electron chi connectivity index (χ1n) is 9.09. The van der Waals surface area contributed by atoms with Gasteiger partial charge in [0.1, 0.15) is 17.3 Å². The molecular weight excluding hydrogens is 368 g/mol. The van der Waals surface area contributed by atoms with Crippen molar-refractivity contribution in [2.45, 2.75) is 0 Å². The predicted molar refractivity (Wildman–Crippen MR) is 111 cm³/mol. The molecule has 3 N–H and O–H groups in total. The third-order valence-electron chi connectivity index (χ3n) is 5.15. The monoisotopic (exact) mass is 390 g/mol. The van der Waals surface area contributed by atoms with E-state index in [0.717, 1.165) is 10.9 Å². The predicted octanol–water partition coefficient (Wildman–Crippen LogP) is 1.93. The van der Waals surface area contributed by atoms with E-state index in [2.05, 4.69) is 11.1 Å². The van der Waals surface area contributed by atoms with Crippen molar-refractivity contribution in [3.05, 3.63) is 70.3 Å². The van der Waals surface area contributed by atoms with E-state index < -0.39 is 0 Å². The Balaban J connectivity index is 0.00000240. The lowest BCUT2D eigenvalue weighted by molar-refractivity contribution is 0.0741. The largest absolute Gasteiger partial charge is 0.366 e. The number of rotatable bonds is 2. The second kappa shape index (κ2) is 8.12. The maximum atomic E-state index is 12.7. The Morgan fingerprint density at radius 1 is 1.07 bits per heavy atom. The summed E-state index contributed by atoms with van der Waals surface area (Å²) in [5.74, 6) is -0.102. The third kappa shape index (κ3) is 3.44. The quantitative estimate of drug-likeness (QED) is 0.714. The summed E-state index contributed by atoms with van der Waals surface area (Å²) in [5.41, 5.74) is 1.71. The summed E-state index contributed by atoms with van der Waals surface area (Å²) in [6.07, 6.45) is 1.61. The minimum atomic E-state index is -0.303. The average Bonchev–Trinajstić information content (AvgIpc) is 2.76. The van der Waals surface area contributed by atoms with Crippen molar-refractivity contribution >= 4 is 22.5 Å². The second-order valence-corrected chi connectivity index (χ2v) is 6.71. The van der Waals surface area contributed by atoms with E-state index in [-0.39, 0.29) is 23.2 Å². The van der Waals surface area contributed by atoms with Gasteiger partial charge in [-0.1, -0.05) is 24.3 Å². The van der Waals surface area contributed by atoms with Gasteiger partial charge in [-0.05, 0) is 18.2 Å².